The molecule has 1 aliphatic carbocycles. The largest absolute Gasteiger partial charge is 0.352 e. The van der Waals surface area contributed by atoms with Gasteiger partial charge >= 0.3 is 0 Å². The molecule has 41 heavy (non-hydrogen) atoms. The van der Waals surface area contributed by atoms with Crippen molar-refractivity contribution in [1.29, 1.82) is 0 Å². The van der Waals surface area contributed by atoms with Crippen LogP contribution in [0.25, 0.3) is 0 Å². The quantitative estimate of drug-likeness (QED) is 0.263. The van der Waals surface area contributed by atoms with Crippen molar-refractivity contribution >= 4 is 59.4 Å². The molecular weight excluding hydrogens is 670 g/mol. The molecule has 2 amide bonds. The monoisotopic (exact) mass is 703 g/mol. The Kier molecular flexibility index (Phi) is 11.0. The molecule has 4 rings (SSSR count). The first kappa shape index (κ1) is 31.3. The second kappa shape index (κ2) is 14.5. The lowest BCUT2D eigenvalue weighted by Crippen LogP contribution is -2.55. The summed E-state index contributed by atoms with van der Waals surface area (Å²) in [7, 11) is -3.81. The van der Waals surface area contributed by atoms with E-state index in [2.05, 4.69) is 37.2 Å². The molecular formula is C31H35Br2N3O4S. The van der Waals surface area contributed by atoms with Crippen LogP contribution in [0.15, 0.2) is 87.8 Å². The van der Waals surface area contributed by atoms with Gasteiger partial charge in [-0.2, -0.15) is 0 Å². The first-order chi connectivity index (χ1) is 19.6. The summed E-state index contributed by atoms with van der Waals surface area (Å²) in [6, 6.07) is 23.2. The highest BCUT2D eigenvalue weighted by atomic mass is 79.9. The summed E-state index contributed by atoms with van der Waals surface area (Å²) in [5, 5.41) is 3.21. The lowest BCUT2D eigenvalue weighted by molar-refractivity contribution is -0.140. The molecule has 3 aromatic rings. The summed E-state index contributed by atoms with van der Waals surface area (Å²) in [5.41, 5.74) is 2.10. The van der Waals surface area contributed by atoms with Gasteiger partial charge in [-0.1, -0.05) is 99.7 Å². The van der Waals surface area contributed by atoms with E-state index in [0.717, 1.165) is 58.3 Å². The molecule has 0 radical (unpaired) electrons. The van der Waals surface area contributed by atoms with E-state index in [0.29, 0.717) is 16.6 Å². The Morgan fingerprint density at radius 3 is 2.15 bits per heavy atom. The van der Waals surface area contributed by atoms with Gasteiger partial charge in [-0.25, -0.2) is 8.42 Å². The van der Waals surface area contributed by atoms with Crippen LogP contribution in [0.2, 0.25) is 0 Å². The number of amides is 2. The van der Waals surface area contributed by atoms with Gasteiger partial charge in [-0.15, -0.1) is 0 Å². The number of carbonyl (C=O) groups excluding carboxylic acids is 2. The lowest BCUT2D eigenvalue weighted by atomic mass is 9.94. The topological polar surface area (TPSA) is 86.8 Å². The predicted molar refractivity (Wildman–Crippen MR) is 170 cm³/mol. The Labute approximate surface area is 259 Å². The standard InChI is InChI=1S/C31H35Br2N3O4S/c1-41(39,40)36(28-17-9-14-26(33)20-28)22-30(37)35(21-24-12-8-13-25(32)18-24)29(19-23-10-4-2-5-11-23)31(38)34-27-15-6-3-7-16-27/h2,4-5,8-14,17-18,20,27,29H,3,6-7,15-16,19,21-22H2,1H3,(H,34,38)/t29-/m1/s1. The Morgan fingerprint density at radius 2 is 1.51 bits per heavy atom. The van der Waals surface area contributed by atoms with Crippen molar-refractivity contribution in [2.24, 2.45) is 0 Å². The van der Waals surface area contributed by atoms with Gasteiger partial charge in [0.15, 0.2) is 0 Å². The third kappa shape index (κ3) is 9.15. The average molecular weight is 706 g/mol. The predicted octanol–water partition coefficient (Wildman–Crippen LogP) is 6.07. The second-order valence-electron chi connectivity index (χ2n) is 10.5. The SMILES string of the molecule is CS(=O)(=O)N(CC(=O)N(Cc1cccc(Br)c1)[C@H](Cc1ccccc1)C(=O)NC1CCCCC1)c1cccc(Br)c1. The summed E-state index contributed by atoms with van der Waals surface area (Å²) in [6.45, 7) is -0.296. The number of sulfonamides is 1. The first-order valence-electron chi connectivity index (χ1n) is 13.7. The van der Waals surface area contributed by atoms with Crippen LogP contribution >= 0.6 is 31.9 Å². The fourth-order valence-corrected chi connectivity index (χ4v) is 6.85. The van der Waals surface area contributed by atoms with E-state index in [1.54, 1.807) is 24.3 Å². The number of nitrogens with one attached hydrogen (secondary N) is 1. The first-order valence-corrected chi connectivity index (χ1v) is 17.1. The lowest BCUT2D eigenvalue weighted by Gasteiger charge is -2.35. The third-order valence-corrected chi connectivity index (χ3v) is 9.37. The second-order valence-corrected chi connectivity index (χ2v) is 14.2. The van der Waals surface area contributed by atoms with Crippen LogP contribution in [0, 0.1) is 0 Å². The van der Waals surface area contributed by atoms with E-state index in [1.165, 1.54) is 4.90 Å². The number of anilines is 1. The number of hydrogen-bond donors (Lipinski definition) is 1. The van der Waals surface area contributed by atoms with Gasteiger partial charge in [0.1, 0.15) is 12.6 Å². The highest BCUT2D eigenvalue weighted by molar-refractivity contribution is 9.10. The van der Waals surface area contributed by atoms with Crippen molar-refractivity contribution in [3.63, 3.8) is 0 Å². The summed E-state index contributed by atoms with van der Waals surface area (Å²) in [4.78, 5) is 29.7. The molecule has 3 aromatic carbocycles. The maximum absolute atomic E-state index is 14.2. The van der Waals surface area contributed by atoms with Gasteiger partial charge < -0.3 is 10.2 Å². The third-order valence-electron chi connectivity index (χ3n) is 7.24. The van der Waals surface area contributed by atoms with Crippen molar-refractivity contribution in [2.45, 2.75) is 57.2 Å². The van der Waals surface area contributed by atoms with Crippen molar-refractivity contribution in [1.82, 2.24) is 10.2 Å². The highest BCUT2D eigenvalue weighted by Crippen LogP contribution is 2.24. The number of rotatable bonds is 11. The normalized spacial score (nSPS) is 14.7. The molecule has 0 aliphatic heterocycles. The average Bonchev–Trinajstić information content (AvgIpc) is 2.94. The number of hydrogen-bond acceptors (Lipinski definition) is 4. The summed E-state index contributed by atoms with van der Waals surface area (Å²) < 4.78 is 28.5. The van der Waals surface area contributed by atoms with Crippen molar-refractivity contribution in [3.8, 4) is 0 Å². The van der Waals surface area contributed by atoms with Crippen molar-refractivity contribution in [2.75, 3.05) is 17.1 Å². The molecule has 0 unspecified atom stereocenters. The maximum atomic E-state index is 14.2. The zero-order valence-electron chi connectivity index (χ0n) is 23.0. The van der Waals surface area contributed by atoms with Crippen LogP contribution in [0.1, 0.15) is 43.2 Å². The summed E-state index contributed by atoms with van der Waals surface area (Å²) >= 11 is 6.90. The van der Waals surface area contributed by atoms with Gasteiger partial charge in [-0.3, -0.25) is 13.9 Å². The molecule has 218 valence electrons. The van der Waals surface area contributed by atoms with Crippen LogP contribution in [0.5, 0.6) is 0 Å². The van der Waals surface area contributed by atoms with E-state index in [9.17, 15) is 18.0 Å². The zero-order valence-corrected chi connectivity index (χ0v) is 27.0. The van der Waals surface area contributed by atoms with E-state index >= 15 is 0 Å². The molecule has 0 saturated heterocycles. The van der Waals surface area contributed by atoms with Crippen LogP contribution in [0.3, 0.4) is 0 Å². The maximum Gasteiger partial charge on any atom is 0.244 e. The Hall–Kier alpha value is -2.69. The van der Waals surface area contributed by atoms with E-state index in [4.69, 9.17) is 0 Å². The number of nitrogens with zero attached hydrogens (tertiary/aromatic N) is 2. The van der Waals surface area contributed by atoms with Crippen molar-refractivity contribution < 1.29 is 18.0 Å². The van der Waals surface area contributed by atoms with E-state index in [-0.39, 0.29) is 18.5 Å². The van der Waals surface area contributed by atoms with Crippen molar-refractivity contribution in [3.05, 3.63) is 98.9 Å². The molecule has 7 nitrogen and oxygen atoms in total. The molecule has 1 aliphatic rings. The number of carbonyl (C=O) groups is 2. The van der Waals surface area contributed by atoms with Gasteiger partial charge in [-0.05, 0) is 54.3 Å². The minimum Gasteiger partial charge on any atom is -0.352 e. The highest BCUT2D eigenvalue weighted by Gasteiger charge is 2.34. The van der Waals surface area contributed by atoms with Gasteiger partial charge in [0.2, 0.25) is 21.8 Å². The minimum atomic E-state index is -3.81. The Balaban J connectivity index is 1.72. The van der Waals surface area contributed by atoms with Crippen LogP contribution in [0.4, 0.5) is 5.69 Å². The van der Waals surface area contributed by atoms with Crippen LogP contribution in [-0.4, -0.2) is 50.0 Å². The molecule has 0 spiro atoms. The molecule has 1 saturated carbocycles. The minimum absolute atomic E-state index is 0.0616. The molecule has 1 atom stereocenters. The Bertz CT molecular complexity index is 1450. The van der Waals surface area contributed by atoms with Gasteiger partial charge in [0.25, 0.3) is 0 Å². The molecule has 0 bridgehead atoms. The smallest absolute Gasteiger partial charge is 0.244 e. The molecule has 10 heteroatoms. The summed E-state index contributed by atoms with van der Waals surface area (Å²) in [6.07, 6.45) is 6.48. The number of halogens is 2. The van der Waals surface area contributed by atoms with E-state index < -0.39 is 28.5 Å². The van der Waals surface area contributed by atoms with Gasteiger partial charge in [0, 0.05) is 28.0 Å². The fraction of sp³-hybridized carbons (Fsp3) is 0.355. The Morgan fingerprint density at radius 1 is 0.878 bits per heavy atom. The fourth-order valence-electron chi connectivity index (χ4n) is 5.18. The molecule has 0 heterocycles. The van der Waals surface area contributed by atoms with Crippen LogP contribution in [-0.2, 0) is 32.6 Å². The van der Waals surface area contributed by atoms with Gasteiger partial charge in [0.05, 0.1) is 11.9 Å². The van der Waals surface area contributed by atoms with Crippen LogP contribution < -0.4 is 9.62 Å². The molecule has 1 fully saturated rings. The van der Waals surface area contributed by atoms with E-state index in [1.807, 2.05) is 54.6 Å². The molecule has 0 aromatic heterocycles. The number of benzene rings is 3. The summed E-state index contributed by atoms with van der Waals surface area (Å²) in [5.74, 6) is -0.687. The zero-order chi connectivity index (χ0) is 29.4. The molecule has 1 N–H and O–H groups in total.